The maximum Gasteiger partial charge on any atom is 1.00 e. The molecule has 0 fully saturated rings. The van der Waals surface area contributed by atoms with Gasteiger partial charge in [0.1, 0.15) is 17.2 Å². The number of ether oxygens (including phenoxy) is 3. The molecule has 11 nitrogen and oxygen atoms in total. The van der Waals surface area contributed by atoms with Crippen molar-refractivity contribution in [2.24, 2.45) is 0 Å². The molecular formula is C25H24N3NaO8S2. The number of aromatic carboxylic acids is 1. The fourth-order valence-corrected chi connectivity index (χ4v) is 7.11. The summed E-state index contributed by atoms with van der Waals surface area (Å²) in [4.78, 5) is 20.0. The number of carboxylic acids is 1. The number of fused-ring (bicyclic) bond motifs is 1. The fraction of sp³-hybridized carbons (Fsp3) is 0.240. The fourth-order valence-electron chi connectivity index (χ4n) is 4.04. The topological polar surface area (TPSA) is 156 Å². The van der Waals surface area contributed by atoms with Gasteiger partial charge in [-0.15, -0.1) is 0 Å². The first-order chi connectivity index (χ1) is 18.0. The molecule has 0 bridgehead atoms. The molecule has 0 spiro atoms. The minimum Gasteiger partial charge on any atom is -0.609 e. The molecule has 2 aromatic heterocycles. The Morgan fingerprint density at radius 1 is 1.05 bits per heavy atom. The van der Waals surface area contributed by atoms with Crippen LogP contribution in [0.2, 0.25) is 0 Å². The molecule has 2 aromatic carbocycles. The van der Waals surface area contributed by atoms with Crippen LogP contribution in [-0.4, -0.2) is 54.2 Å². The van der Waals surface area contributed by atoms with Gasteiger partial charge in [-0.1, -0.05) is 0 Å². The Bertz CT molecular complexity index is 1660. The molecule has 0 saturated heterocycles. The van der Waals surface area contributed by atoms with Crippen LogP contribution in [0.5, 0.6) is 17.2 Å². The van der Waals surface area contributed by atoms with Gasteiger partial charge in [-0.05, 0) is 44.2 Å². The van der Waals surface area contributed by atoms with E-state index in [9.17, 15) is 22.9 Å². The average molecular weight is 582 g/mol. The van der Waals surface area contributed by atoms with Gasteiger partial charge < -0.3 is 28.7 Å². The smallest absolute Gasteiger partial charge is 0.609 e. The van der Waals surface area contributed by atoms with E-state index in [1.54, 1.807) is 19.2 Å². The third-order valence-electron chi connectivity index (χ3n) is 5.94. The Morgan fingerprint density at radius 2 is 1.77 bits per heavy atom. The minimum absolute atomic E-state index is 0. The van der Waals surface area contributed by atoms with Crippen molar-refractivity contribution in [1.82, 2.24) is 13.9 Å². The first-order valence-electron chi connectivity index (χ1n) is 11.1. The number of methoxy groups -OCH3 is 3. The van der Waals surface area contributed by atoms with Gasteiger partial charge in [0, 0.05) is 40.1 Å². The summed E-state index contributed by atoms with van der Waals surface area (Å²) in [6.07, 6.45) is 1.59. The normalized spacial score (nSPS) is 12.1. The van der Waals surface area contributed by atoms with Crippen LogP contribution in [0.4, 0.5) is 0 Å². The molecule has 0 aliphatic heterocycles. The van der Waals surface area contributed by atoms with Gasteiger partial charge in [-0.2, -0.15) is 8.96 Å². The number of aromatic nitrogens is 3. The Morgan fingerprint density at radius 3 is 2.38 bits per heavy atom. The van der Waals surface area contributed by atoms with E-state index < -0.39 is 32.7 Å². The monoisotopic (exact) mass is 581 g/mol. The van der Waals surface area contributed by atoms with Crippen molar-refractivity contribution >= 4 is 38.2 Å². The van der Waals surface area contributed by atoms with Crippen LogP contribution in [0, 0.1) is 13.8 Å². The predicted molar refractivity (Wildman–Crippen MR) is 137 cm³/mol. The van der Waals surface area contributed by atoms with E-state index in [2.05, 4.69) is 9.97 Å². The van der Waals surface area contributed by atoms with Crippen molar-refractivity contribution < 1.29 is 66.6 Å². The van der Waals surface area contributed by atoms with Crippen LogP contribution >= 0.6 is 0 Å². The van der Waals surface area contributed by atoms with E-state index >= 15 is 0 Å². The van der Waals surface area contributed by atoms with Crippen LogP contribution < -0.4 is 48.9 Å². The SMILES string of the molecule is COc1ccc2c(c1)nc([S+]([O-])Cc1ncc(C)c(OC)c1C)n2S(=O)(=O)c1ccc(OC)c(C(=O)[O-])c1.[Na+]. The van der Waals surface area contributed by atoms with E-state index in [0.717, 1.165) is 15.6 Å². The van der Waals surface area contributed by atoms with Crippen molar-refractivity contribution in [1.29, 1.82) is 0 Å². The third-order valence-corrected chi connectivity index (χ3v) is 8.97. The maximum absolute atomic E-state index is 13.9. The molecule has 0 amide bonds. The van der Waals surface area contributed by atoms with Crippen LogP contribution in [0.25, 0.3) is 11.0 Å². The number of pyridine rings is 1. The molecule has 0 radical (unpaired) electrons. The van der Waals surface area contributed by atoms with E-state index in [1.807, 2.05) is 6.92 Å². The molecule has 0 aliphatic carbocycles. The molecule has 39 heavy (non-hydrogen) atoms. The van der Waals surface area contributed by atoms with E-state index in [4.69, 9.17) is 14.2 Å². The van der Waals surface area contributed by atoms with Crippen molar-refractivity contribution in [3.8, 4) is 17.2 Å². The Hall–Kier alpha value is -2.81. The second kappa shape index (κ2) is 12.1. The average Bonchev–Trinajstić information content (AvgIpc) is 3.30. The molecule has 0 saturated carbocycles. The van der Waals surface area contributed by atoms with Gasteiger partial charge >= 0.3 is 34.7 Å². The van der Waals surface area contributed by atoms with Crippen molar-refractivity contribution in [2.45, 2.75) is 29.7 Å². The summed E-state index contributed by atoms with van der Waals surface area (Å²) in [5.74, 6) is -0.821. The number of carbonyl (C=O) groups is 1. The van der Waals surface area contributed by atoms with Gasteiger partial charge in [0.15, 0.2) is 5.75 Å². The zero-order chi connectivity index (χ0) is 27.8. The molecule has 4 rings (SSSR count). The minimum atomic E-state index is -4.49. The second-order valence-corrected chi connectivity index (χ2v) is 11.3. The molecule has 0 aliphatic rings. The summed E-state index contributed by atoms with van der Waals surface area (Å²) in [5, 5.41) is 11.4. The van der Waals surface area contributed by atoms with Crippen molar-refractivity contribution in [2.75, 3.05) is 21.3 Å². The van der Waals surface area contributed by atoms with Crippen LogP contribution in [0.15, 0.2) is 52.6 Å². The van der Waals surface area contributed by atoms with Crippen LogP contribution in [0.1, 0.15) is 27.2 Å². The maximum atomic E-state index is 13.9. The number of carboxylic acid groups (broad SMARTS) is 1. The number of rotatable bonds is 9. The molecular weight excluding hydrogens is 557 g/mol. The molecule has 4 aromatic rings. The number of hydrogen-bond donors (Lipinski definition) is 0. The van der Waals surface area contributed by atoms with Crippen molar-refractivity contribution in [3.63, 3.8) is 0 Å². The number of aryl methyl sites for hydroxylation is 1. The van der Waals surface area contributed by atoms with Gasteiger partial charge in [0.2, 0.25) is 0 Å². The summed E-state index contributed by atoms with van der Waals surface area (Å²) in [6, 6.07) is 7.87. The summed E-state index contributed by atoms with van der Waals surface area (Å²) >= 11 is -1.99. The largest absolute Gasteiger partial charge is 1.00 e. The van der Waals surface area contributed by atoms with Gasteiger partial charge in [-0.25, -0.2) is 8.42 Å². The summed E-state index contributed by atoms with van der Waals surface area (Å²) in [5.41, 5.74) is 1.81. The summed E-state index contributed by atoms with van der Waals surface area (Å²) in [7, 11) is -0.268. The third kappa shape index (κ3) is 5.74. The van der Waals surface area contributed by atoms with Crippen molar-refractivity contribution in [3.05, 3.63) is 65.0 Å². The number of carbonyl (C=O) groups excluding carboxylic acids is 1. The molecule has 2 heterocycles. The molecule has 1 unspecified atom stereocenters. The summed E-state index contributed by atoms with van der Waals surface area (Å²) in [6.45, 7) is 3.60. The molecule has 200 valence electrons. The number of benzene rings is 2. The zero-order valence-electron chi connectivity index (χ0n) is 22.2. The van der Waals surface area contributed by atoms with Gasteiger partial charge in [-0.3, -0.25) is 4.98 Å². The second-order valence-electron chi connectivity index (χ2n) is 8.20. The number of hydrogen-bond acceptors (Lipinski definition) is 10. The predicted octanol–water partition coefficient (Wildman–Crippen LogP) is -1.01. The van der Waals surface area contributed by atoms with Crippen LogP contribution in [-0.2, 0) is 27.0 Å². The Labute approximate surface area is 250 Å². The number of imidazole rings is 1. The Kier molecular flexibility index (Phi) is 9.57. The van der Waals surface area contributed by atoms with E-state index in [0.29, 0.717) is 22.8 Å². The standard InChI is InChI=1S/C25H25N3O8S2.Na/c1-14-12-26-20(15(2)23(14)36-5)13-37(31)25-27-19-10-16(34-3)6-8-21(19)28(25)38(32,33)17-7-9-22(35-4)18(11-17)24(29)30;/h6-12H,13H2,1-5H3,(H,29,30);/q;+1/p-1. The first kappa shape index (κ1) is 30.7. The van der Waals surface area contributed by atoms with E-state index in [-0.39, 0.29) is 62.1 Å². The molecule has 0 N–H and O–H groups in total. The number of nitrogens with zero attached hydrogens (tertiary/aromatic N) is 3. The Balaban J connectivity index is 0.00000420. The molecule has 1 atom stereocenters. The summed E-state index contributed by atoms with van der Waals surface area (Å²) < 4.78 is 58.0. The molecule has 14 heteroatoms. The zero-order valence-corrected chi connectivity index (χ0v) is 25.8. The van der Waals surface area contributed by atoms with Crippen LogP contribution in [0.3, 0.4) is 0 Å². The first-order valence-corrected chi connectivity index (χ1v) is 13.9. The van der Waals surface area contributed by atoms with Gasteiger partial charge in [0.05, 0.1) is 48.9 Å². The van der Waals surface area contributed by atoms with Gasteiger partial charge in [0.25, 0.3) is 10.0 Å². The quantitative estimate of drug-likeness (QED) is 0.177. The van der Waals surface area contributed by atoms with E-state index in [1.165, 1.54) is 45.6 Å².